The number of hydrogen-bond acceptors (Lipinski definition) is 3. The van der Waals surface area contributed by atoms with Crippen LogP contribution in [0.5, 0.6) is 0 Å². The Labute approximate surface area is 164 Å². The van der Waals surface area contributed by atoms with Crippen LogP contribution in [-0.4, -0.2) is 14.9 Å². The highest BCUT2D eigenvalue weighted by molar-refractivity contribution is 6.69. The Bertz CT molecular complexity index is 794. The van der Waals surface area contributed by atoms with Crippen LogP contribution in [-0.2, 0) is 16.4 Å². The number of nitrogens with zero attached hydrogens (tertiary/aromatic N) is 1. The first-order chi connectivity index (χ1) is 12.9. The molecule has 1 aliphatic rings. The molecule has 3 nitrogen and oxygen atoms in total. The summed E-state index contributed by atoms with van der Waals surface area (Å²) in [6.45, 7) is 7.20. The molecule has 0 amide bonds. The van der Waals surface area contributed by atoms with Crippen LogP contribution in [0, 0.1) is 11.3 Å². The van der Waals surface area contributed by atoms with E-state index in [4.69, 9.17) is 4.43 Å². The predicted molar refractivity (Wildman–Crippen MR) is 113 cm³/mol. The highest BCUT2D eigenvalue weighted by Gasteiger charge is 2.38. The van der Waals surface area contributed by atoms with Crippen molar-refractivity contribution in [2.75, 3.05) is 6.61 Å². The summed E-state index contributed by atoms with van der Waals surface area (Å²) in [7, 11) is -1.66. The van der Waals surface area contributed by atoms with Crippen molar-refractivity contribution in [1.82, 2.24) is 5.32 Å². The molecule has 0 heterocycles. The number of nitrogens with one attached hydrogen (secondary N) is 1. The molecule has 0 fully saturated rings. The average molecular weight is 379 g/mol. The number of benzene rings is 2. The van der Waals surface area contributed by atoms with Crippen molar-refractivity contribution >= 4 is 8.32 Å². The van der Waals surface area contributed by atoms with Crippen LogP contribution in [0.15, 0.2) is 54.6 Å². The molecule has 1 aliphatic carbocycles. The molecule has 2 aromatic carbocycles. The van der Waals surface area contributed by atoms with Crippen molar-refractivity contribution in [3.8, 4) is 6.07 Å². The Morgan fingerprint density at radius 3 is 2.48 bits per heavy atom. The molecule has 0 saturated carbocycles. The van der Waals surface area contributed by atoms with Gasteiger partial charge in [0.15, 0.2) is 8.32 Å². The Hall–Kier alpha value is -1.93. The molecule has 3 rings (SSSR count). The molecule has 0 unspecified atom stereocenters. The van der Waals surface area contributed by atoms with E-state index in [0.717, 1.165) is 31.2 Å². The maximum atomic E-state index is 10.3. The van der Waals surface area contributed by atoms with Crippen LogP contribution in [0.1, 0.15) is 42.0 Å². The second-order valence-corrected chi connectivity index (χ2v) is 12.9. The maximum Gasteiger partial charge on any atom is 0.183 e. The third kappa shape index (κ3) is 4.87. The molecule has 0 radical (unpaired) electrons. The van der Waals surface area contributed by atoms with Gasteiger partial charge in [0.05, 0.1) is 18.7 Å². The van der Waals surface area contributed by atoms with Crippen LogP contribution in [0.25, 0.3) is 0 Å². The van der Waals surface area contributed by atoms with Gasteiger partial charge in [0.2, 0.25) is 0 Å². The average Bonchev–Trinajstić information content (AvgIpc) is 2.85. The molecule has 2 atom stereocenters. The minimum absolute atomic E-state index is 0.0104. The largest absolute Gasteiger partial charge is 0.416 e. The van der Waals surface area contributed by atoms with Gasteiger partial charge in [-0.05, 0) is 62.0 Å². The molecule has 27 heavy (non-hydrogen) atoms. The van der Waals surface area contributed by atoms with Gasteiger partial charge in [0, 0.05) is 0 Å². The summed E-state index contributed by atoms with van der Waals surface area (Å²) in [5.74, 6) is 0. The van der Waals surface area contributed by atoms with Crippen molar-refractivity contribution in [3.05, 3.63) is 71.3 Å². The van der Waals surface area contributed by atoms with Crippen molar-refractivity contribution in [1.29, 1.82) is 5.26 Å². The second-order valence-electron chi connectivity index (χ2n) is 8.41. The Morgan fingerprint density at radius 2 is 1.78 bits per heavy atom. The zero-order valence-corrected chi connectivity index (χ0v) is 17.7. The van der Waals surface area contributed by atoms with E-state index in [1.807, 2.05) is 12.1 Å². The standard InChI is InChI=1S/C23H30N2OSi/c1-27(2,3)26-17-22(20-13-5-4-6-14-20)25-23(18-24)16-10-9-12-19-11-7-8-15-21(19)23/h4-8,11,13-15,22,25H,9-10,12,16-17H2,1-3H3/t22-,23-/m0/s1. The third-order valence-corrected chi connectivity index (χ3v) is 6.25. The summed E-state index contributed by atoms with van der Waals surface area (Å²) in [5.41, 5.74) is 2.93. The molecular weight excluding hydrogens is 348 g/mol. The van der Waals surface area contributed by atoms with Gasteiger partial charge in [-0.1, -0.05) is 54.6 Å². The fraction of sp³-hybridized carbons (Fsp3) is 0.435. The minimum Gasteiger partial charge on any atom is -0.416 e. The zero-order valence-electron chi connectivity index (χ0n) is 16.7. The second kappa shape index (κ2) is 8.39. The first kappa shape index (κ1) is 19.8. The molecule has 0 spiro atoms. The van der Waals surface area contributed by atoms with Crippen molar-refractivity contribution in [2.24, 2.45) is 0 Å². The fourth-order valence-electron chi connectivity index (χ4n) is 3.83. The third-order valence-electron chi connectivity index (χ3n) is 5.22. The van der Waals surface area contributed by atoms with E-state index >= 15 is 0 Å². The van der Waals surface area contributed by atoms with Crippen molar-refractivity contribution < 1.29 is 4.43 Å². The van der Waals surface area contributed by atoms with Crippen LogP contribution in [0.2, 0.25) is 19.6 Å². The molecule has 142 valence electrons. The van der Waals surface area contributed by atoms with Crippen LogP contribution in [0.3, 0.4) is 0 Å². The Balaban J connectivity index is 1.97. The van der Waals surface area contributed by atoms with Crippen LogP contribution < -0.4 is 5.32 Å². The van der Waals surface area contributed by atoms with Gasteiger partial charge in [-0.15, -0.1) is 0 Å². The zero-order chi connectivity index (χ0) is 19.3. The number of nitriles is 1. The Kier molecular flexibility index (Phi) is 6.16. The molecule has 1 N–H and O–H groups in total. The quantitative estimate of drug-likeness (QED) is 0.547. The number of fused-ring (bicyclic) bond motifs is 1. The topological polar surface area (TPSA) is 45.0 Å². The van der Waals surface area contributed by atoms with E-state index < -0.39 is 13.9 Å². The van der Waals surface area contributed by atoms with Crippen molar-refractivity contribution in [2.45, 2.75) is 56.9 Å². The molecule has 2 aromatic rings. The van der Waals surface area contributed by atoms with Gasteiger partial charge in [-0.3, -0.25) is 5.32 Å². The van der Waals surface area contributed by atoms with E-state index in [0.29, 0.717) is 6.61 Å². The van der Waals surface area contributed by atoms with Gasteiger partial charge in [0.25, 0.3) is 0 Å². The summed E-state index contributed by atoms with van der Waals surface area (Å²) < 4.78 is 6.26. The highest BCUT2D eigenvalue weighted by Crippen LogP contribution is 2.36. The summed E-state index contributed by atoms with van der Waals surface area (Å²) >= 11 is 0. The Morgan fingerprint density at radius 1 is 1.07 bits per heavy atom. The summed E-state index contributed by atoms with van der Waals surface area (Å²) in [5, 5.41) is 14.0. The molecule has 0 aromatic heterocycles. The van der Waals surface area contributed by atoms with Gasteiger partial charge >= 0.3 is 0 Å². The monoisotopic (exact) mass is 378 g/mol. The minimum atomic E-state index is -1.66. The van der Waals surface area contributed by atoms with E-state index in [-0.39, 0.29) is 6.04 Å². The molecule has 0 bridgehead atoms. The molecule has 0 saturated heterocycles. The first-order valence-corrected chi connectivity index (χ1v) is 13.3. The lowest BCUT2D eigenvalue weighted by Gasteiger charge is -2.35. The van der Waals surface area contributed by atoms with E-state index in [1.54, 1.807) is 0 Å². The lowest BCUT2D eigenvalue weighted by molar-refractivity contribution is 0.225. The number of rotatable bonds is 6. The lowest BCUT2D eigenvalue weighted by atomic mass is 9.84. The molecule has 4 heteroatoms. The lowest BCUT2D eigenvalue weighted by Crippen LogP contribution is -2.46. The normalized spacial score (nSPS) is 21.0. The maximum absolute atomic E-state index is 10.3. The highest BCUT2D eigenvalue weighted by atomic mass is 28.4. The number of aryl methyl sites for hydroxylation is 1. The molecule has 0 aliphatic heterocycles. The van der Waals surface area contributed by atoms with E-state index in [2.05, 4.69) is 73.5 Å². The SMILES string of the molecule is C[Si](C)(C)OC[C@H](N[C@]1(C#N)CCCCc2ccccc21)c1ccccc1. The van der Waals surface area contributed by atoms with Crippen LogP contribution >= 0.6 is 0 Å². The molecular formula is C23H30N2OSi. The fourth-order valence-corrected chi connectivity index (χ4v) is 4.50. The van der Waals surface area contributed by atoms with Crippen LogP contribution in [0.4, 0.5) is 0 Å². The van der Waals surface area contributed by atoms with E-state index in [9.17, 15) is 5.26 Å². The predicted octanol–water partition coefficient (Wildman–Crippen LogP) is 5.31. The van der Waals surface area contributed by atoms with Crippen molar-refractivity contribution in [3.63, 3.8) is 0 Å². The summed E-state index contributed by atoms with van der Waals surface area (Å²) in [4.78, 5) is 0. The summed E-state index contributed by atoms with van der Waals surface area (Å²) in [6, 6.07) is 21.5. The van der Waals surface area contributed by atoms with E-state index in [1.165, 1.54) is 11.1 Å². The van der Waals surface area contributed by atoms with Gasteiger partial charge < -0.3 is 4.43 Å². The van der Waals surface area contributed by atoms with Gasteiger partial charge in [-0.25, -0.2) is 0 Å². The number of hydrogen-bond donors (Lipinski definition) is 1. The van der Waals surface area contributed by atoms with Gasteiger partial charge in [0.1, 0.15) is 5.54 Å². The summed E-state index contributed by atoms with van der Waals surface area (Å²) in [6.07, 6.45) is 4.05. The first-order valence-electron chi connectivity index (χ1n) is 9.90. The smallest absolute Gasteiger partial charge is 0.183 e. The van der Waals surface area contributed by atoms with Gasteiger partial charge in [-0.2, -0.15) is 5.26 Å².